The molecule has 82 valence electrons. The second-order valence-electron chi connectivity index (χ2n) is 5.13. The maximum Gasteiger partial charge on any atom is 0.159 e. The van der Waals surface area contributed by atoms with E-state index >= 15 is 0 Å². The highest BCUT2D eigenvalue weighted by Gasteiger charge is 2.34. The van der Waals surface area contributed by atoms with Gasteiger partial charge in [0.15, 0.2) is 5.75 Å². The highest BCUT2D eigenvalue weighted by molar-refractivity contribution is 5.30. The molecule has 1 aliphatic heterocycles. The molecule has 1 atom stereocenters. The molecule has 0 bridgehead atoms. The fourth-order valence-corrected chi connectivity index (χ4v) is 1.72. The highest BCUT2D eigenvalue weighted by atomic mass is 16.5. The highest BCUT2D eigenvalue weighted by Crippen LogP contribution is 2.34. The van der Waals surface area contributed by atoms with Gasteiger partial charge in [0.05, 0.1) is 11.9 Å². The third-order valence-corrected chi connectivity index (χ3v) is 2.81. The molecule has 15 heavy (non-hydrogen) atoms. The van der Waals surface area contributed by atoms with Crippen LogP contribution in [0.3, 0.4) is 0 Å². The molecule has 1 aliphatic rings. The first kappa shape index (κ1) is 10.4. The summed E-state index contributed by atoms with van der Waals surface area (Å²) in [6.07, 6.45) is 3.84. The Hall–Kier alpha value is -1.12. The molecule has 3 nitrogen and oxygen atoms in total. The van der Waals surface area contributed by atoms with Crippen molar-refractivity contribution in [3.63, 3.8) is 0 Å². The first-order valence-electron chi connectivity index (χ1n) is 5.52. The summed E-state index contributed by atoms with van der Waals surface area (Å²) in [4.78, 5) is 8.75. The lowest BCUT2D eigenvalue weighted by molar-refractivity contribution is 0.108. The van der Waals surface area contributed by atoms with E-state index in [2.05, 4.69) is 37.7 Å². The second-order valence-corrected chi connectivity index (χ2v) is 5.13. The third-order valence-electron chi connectivity index (χ3n) is 2.81. The summed E-state index contributed by atoms with van der Waals surface area (Å²) < 4.78 is 5.85. The summed E-state index contributed by atoms with van der Waals surface area (Å²) >= 11 is 0. The van der Waals surface area contributed by atoms with Crippen LogP contribution in [0, 0.1) is 5.41 Å². The first-order chi connectivity index (χ1) is 7.00. The van der Waals surface area contributed by atoms with Crippen LogP contribution in [0.2, 0.25) is 0 Å². The van der Waals surface area contributed by atoms with Crippen molar-refractivity contribution in [2.45, 2.75) is 46.6 Å². The molecule has 2 rings (SSSR count). The molecule has 0 fully saturated rings. The zero-order valence-electron chi connectivity index (χ0n) is 9.87. The second kappa shape index (κ2) is 3.47. The summed E-state index contributed by atoms with van der Waals surface area (Å²) in [5.41, 5.74) is 1.23. The van der Waals surface area contributed by atoms with Crippen molar-refractivity contribution in [1.82, 2.24) is 9.97 Å². The van der Waals surface area contributed by atoms with Gasteiger partial charge in [0.25, 0.3) is 0 Å². The van der Waals surface area contributed by atoms with Crippen LogP contribution in [0.25, 0.3) is 0 Å². The molecular formula is C12H18N2O. The molecule has 0 N–H and O–H groups in total. The topological polar surface area (TPSA) is 35.0 Å². The molecule has 0 aromatic carbocycles. The Kier molecular flexibility index (Phi) is 2.41. The van der Waals surface area contributed by atoms with Crippen LogP contribution in [0.15, 0.2) is 6.20 Å². The van der Waals surface area contributed by atoms with E-state index in [1.807, 2.05) is 6.20 Å². The Morgan fingerprint density at radius 2 is 2.20 bits per heavy atom. The molecule has 3 heteroatoms. The number of aromatic nitrogens is 2. The van der Waals surface area contributed by atoms with Gasteiger partial charge < -0.3 is 4.74 Å². The van der Waals surface area contributed by atoms with Crippen LogP contribution in [0.1, 0.15) is 39.2 Å². The maximum absolute atomic E-state index is 5.85. The van der Waals surface area contributed by atoms with Crippen LogP contribution in [0.4, 0.5) is 0 Å². The minimum atomic E-state index is 0.160. The predicted octanol–water partition coefficient (Wildman–Crippen LogP) is 2.39. The zero-order valence-corrected chi connectivity index (χ0v) is 9.87. The predicted molar refractivity (Wildman–Crippen MR) is 59.0 cm³/mol. The zero-order chi connectivity index (χ0) is 11.1. The summed E-state index contributed by atoms with van der Waals surface area (Å²) in [7, 11) is 0. The summed E-state index contributed by atoms with van der Waals surface area (Å²) in [6.45, 7) is 8.64. The van der Waals surface area contributed by atoms with E-state index in [1.165, 1.54) is 0 Å². The molecule has 1 unspecified atom stereocenters. The van der Waals surface area contributed by atoms with Gasteiger partial charge in [0.2, 0.25) is 0 Å². The number of hydrogen-bond acceptors (Lipinski definition) is 3. The Morgan fingerprint density at radius 3 is 2.80 bits per heavy atom. The molecule has 0 radical (unpaired) electrons. The van der Waals surface area contributed by atoms with E-state index in [9.17, 15) is 0 Å². The lowest BCUT2D eigenvalue weighted by Gasteiger charge is -2.25. The normalized spacial score (nSPS) is 19.9. The lowest BCUT2D eigenvalue weighted by Crippen LogP contribution is -2.30. The van der Waals surface area contributed by atoms with Crippen molar-refractivity contribution >= 4 is 0 Å². The van der Waals surface area contributed by atoms with E-state index in [1.54, 1.807) is 0 Å². The SMILES string of the molecule is CCc1ncc2c(n1)CC(C(C)(C)C)O2. The minimum Gasteiger partial charge on any atom is -0.486 e. The molecule has 1 aromatic heterocycles. The average Bonchev–Trinajstić information content (AvgIpc) is 2.59. The van der Waals surface area contributed by atoms with Gasteiger partial charge in [0, 0.05) is 12.8 Å². The van der Waals surface area contributed by atoms with Crippen molar-refractivity contribution in [3.05, 3.63) is 17.7 Å². The molecule has 2 heterocycles. The standard InChI is InChI=1S/C12H18N2O/c1-5-11-13-7-9-8(14-11)6-10(15-9)12(2,3)4/h7,10H,5-6H2,1-4H3. The van der Waals surface area contributed by atoms with Crippen molar-refractivity contribution < 1.29 is 4.74 Å². The van der Waals surface area contributed by atoms with Crippen LogP contribution in [0.5, 0.6) is 5.75 Å². The minimum absolute atomic E-state index is 0.160. The fourth-order valence-electron chi connectivity index (χ4n) is 1.72. The van der Waals surface area contributed by atoms with Crippen LogP contribution >= 0.6 is 0 Å². The van der Waals surface area contributed by atoms with E-state index in [-0.39, 0.29) is 11.5 Å². The summed E-state index contributed by atoms with van der Waals surface area (Å²) in [6, 6.07) is 0. The fraction of sp³-hybridized carbons (Fsp3) is 0.667. The summed E-state index contributed by atoms with van der Waals surface area (Å²) in [5, 5.41) is 0. The van der Waals surface area contributed by atoms with Crippen molar-refractivity contribution in [2.24, 2.45) is 5.41 Å². The Labute approximate surface area is 90.9 Å². The smallest absolute Gasteiger partial charge is 0.159 e. The molecule has 0 amide bonds. The molecule has 1 aromatic rings. The van der Waals surface area contributed by atoms with Gasteiger partial charge in [-0.3, -0.25) is 0 Å². The van der Waals surface area contributed by atoms with E-state index in [0.717, 1.165) is 30.1 Å². The van der Waals surface area contributed by atoms with E-state index < -0.39 is 0 Å². The number of nitrogens with zero attached hydrogens (tertiary/aromatic N) is 2. The van der Waals surface area contributed by atoms with E-state index in [0.29, 0.717) is 0 Å². The number of ether oxygens (including phenoxy) is 1. The van der Waals surface area contributed by atoms with Crippen molar-refractivity contribution in [1.29, 1.82) is 0 Å². The van der Waals surface area contributed by atoms with Gasteiger partial charge in [-0.15, -0.1) is 0 Å². The Balaban J connectivity index is 2.24. The number of rotatable bonds is 1. The summed E-state index contributed by atoms with van der Waals surface area (Å²) in [5.74, 6) is 1.78. The lowest BCUT2D eigenvalue weighted by atomic mass is 9.87. The molecule has 0 spiro atoms. The molecule has 0 aliphatic carbocycles. The number of fused-ring (bicyclic) bond motifs is 1. The van der Waals surface area contributed by atoms with Gasteiger partial charge in [-0.1, -0.05) is 27.7 Å². The molecule has 0 saturated carbocycles. The monoisotopic (exact) mass is 206 g/mol. The molecular weight excluding hydrogens is 188 g/mol. The number of hydrogen-bond donors (Lipinski definition) is 0. The van der Waals surface area contributed by atoms with Crippen molar-refractivity contribution in [2.75, 3.05) is 0 Å². The van der Waals surface area contributed by atoms with Gasteiger partial charge in [-0.05, 0) is 5.41 Å². The number of aryl methyl sites for hydroxylation is 1. The average molecular weight is 206 g/mol. The van der Waals surface area contributed by atoms with Crippen molar-refractivity contribution in [3.8, 4) is 5.75 Å². The Bertz CT molecular complexity index is 368. The molecule has 0 saturated heterocycles. The maximum atomic E-state index is 5.85. The third kappa shape index (κ3) is 1.96. The van der Waals surface area contributed by atoms with Gasteiger partial charge >= 0.3 is 0 Å². The van der Waals surface area contributed by atoms with Gasteiger partial charge in [0.1, 0.15) is 11.9 Å². The van der Waals surface area contributed by atoms with Gasteiger partial charge in [-0.25, -0.2) is 9.97 Å². The Morgan fingerprint density at radius 1 is 1.47 bits per heavy atom. The van der Waals surface area contributed by atoms with Gasteiger partial charge in [-0.2, -0.15) is 0 Å². The largest absolute Gasteiger partial charge is 0.486 e. The quantitative estimate of drug-likeness (QED) is 0.707. The van der Waals surface area contributed by atoms with Crippen LogP contribution in [-0.4, -0.2) is 16.1 Å². The first-order valence-corrected chi connectivity index (χ1v) is 5.52. The van der Waals surface area contributed by atoms with E-state index in [4.69, 9.17) is 4.74 Å². The van der Waals surface area contributed by atoms with Crippen LogP contribution < -0.4 is 4.74 Å². The van der Waals surface area contributed by atoms with Crippen LogP contribution in [-0.2, 0) is 12.8 Å².